The first-order valence-corrected chi connectivity index (χ1v) is 11.3. The van der Waals surface area contributed by atoms with Gasteiger partial charge in [0.1, 0.15) is 5.82 Å². The summed E-state index contributed by atoms with van der Waals surface area (Å²) >= 11 is 2.87. The minimum absolute atomic E-state index is 0.00615. The van der Waals surface area contributed by atoms with Crippen LogP contribution in [0.4, 0.5) is 9.52 Å². The summed E-state index contributed by atoms with van der Waals surface area (Å²) in [7, 11) is 0. The molecule has 3 aromatic rings. The lowest BCUT2D eigenvalue weighted by Gasteiger charge is -2.29. The Hall–Kier alpha value is -2.00. The fourth-order valence-electron chi connectivity index (χ4n) is 3.13. The number of nitrogens with zero attached hydrogens (tertiary/aromatic N) is 3. The van der Waals surface area contributed by atoms with Gasteiger partial charge < -0.3 is 4.74 Å². The summed E-state index contributed by atoms with van der Waals surface area (Å²) in [5.41, 5.74) is 0.714. The number of ether oxygens (including phenoxy) is 1. The summed E-state index contributed by atoms with van der Waals surface area (Å²) in [6.07, 6.45) is 0. The monoisotopic (exact) mass is 431 g/mol. The predicted molar refractivity (Wildman–Crippen MR) is 116 cm³/mol. The average Bonchev–Trinajstić information content (AvgIpc) is 3.16. The van der Waals surface area contributed by atoms with Crippen molar-refractivity contribution in [3.63, 3.8) is 0 Å². The van der Waals surface area contributed by atoms with Crippen molar-refractivity contribution in [3.8, 4) is 0 Å². The van der Waals surface area contributed by atoms with Crippen LogP contribution in [0.1, 0.15) is 0 Å². The van der Waals surface area contributed by atoms with Crippen LogP contribution in [0.25, 0.3) is 10.2 Å². The molecule has 0 spiro atoms. The topological polar surface area (TPSA) is 45.7 Å². The van der Waals surface area contributed by atoms with E-state index in [1.165, 1.54) is 35.2 Å². The normalized spacial score (nSPS) is 14.9. The van der Waals surface area contributed by atoms with Gasteiger partial charge in [-0.2, -0.15) is 0 Å². The molecule has 1 aromatic heterocycles. The molecule has 5 nitrogen and oxygen atoms in total. The second-order valence-electron chi connectivity index (χ2n) is 6.71. The number of amides is 1. The van der Waals surface area contributed by atoms with Crippen LogP contribution in [0.3, 0.4) is 0 Å². The van der Waals surface area contributed by atoms with E-state index in [-0.39, 0.29) is 11.7 Å². The van der Waals surface area contributed by atoms with Crippen LogP contribution in [0.5, 0.6) is 0 Å². The van der Waals surface area contributed by atoms with E-state index >= 15 is 0 Å². The van der Waals surface area contributed by atoms with Crippen LogP contribution < -0.4 is 4.90 Å². The third kappa shape index (κ3) is 5.33. The Balaban J connectivity index is 1.51. The van der Waals surface area contributed by atoms with Crippen LogP contribution in [0.15, 0.2) is 53.4 Å². The number of thioether (sulfide) groups is 1. The zero-order valence-electron chi connectivity index (χ0n) is 15.9. The number of carbonyl (C=O) groups excluding carboxylic acids is 1. The van der Waals surface area contributed by atoms with E-state index in [1.54, 1.807) is 11.0 Å². The molecule has 0 aliphatic carbocycles. The Morgan fingerprint density at radius 1 is 1.21 bits per heavy atom. The predicted octanol–water partition coefficient (Wildman–Crippen LogP) is 3.89. The maximum atomic E-state index is 13.6. The Labute approximate surface area is 177 Å². The number of benzene rings is 2. The molecule has 1 aliphatic heterocycles. The smallest absolute Gasteiger partial charge is 0.239 e. The van der Waals surface area contributed by atoms with Crippen molar-refractivity contribution in [2.24, 2.45) is 0 Å². The fraction of sp³-hybridized carbons (Fsp3) is 0.333. The molecule has 0 radical (unpaired) electrons. The largest absolute Gasteiger partial charge is 0.379 e. The molecule has 2 aromatic carbocycles. The molecule has 0 saturated carbocycles. The zero-order chi connectivity index (χ0) is 20.1. The first kappa shape index (κ1) is 20.3. The molecule has 29 heavy (non-hydrogen) atoms. The van der Waals surface area contributed by atoms with Crippen molar-refractivity contribution in [1.29, 1.82) is 0 Å². The average molecular weight is 432 g/mol. The third-order valence-corrected chi connectivity index (χ3v) is 6.76. The van der Waals surface area contributed by atoms with Gasteiger partial charge in [0, 0.05) is 31.1 Å². The van der Waals surface area contributed by atoms with E-state index in [4.69, 9.17) is 4.74 Å². The van der Waals surface area contributed by atoms with Gasteiger partial charge in [-0.15, -0.1) is 11.8 Å². The number of morpholine rings is 1. The molecule has 0 unspecified atom stereocenters. The minimum atomic E-state index is -0.293. The van der Waals surface area contributed by atoms with Gasteiger partial charge in [-0.25, -0.2) is 9.37 Å². The molecule has 0 N–H and O–H groups in total. The first-order valence-electron chi connectivity index (χ1n) is 9.53. The summed E-state index contributed by atoms with van der Waals surface area (Å²) in [6, 6.07) is 14.4. The Kier molecular flexibility index (Phi) is 6.76. The van der Waals surface area contributed by atoms with E-state index in [9.17, 15) is 9.18 Å². The van der Waals surface area contributed by atoms with Gasteiger partial charge >= 0.3 is 0 Å². The molecule has 4 rings (SSSR count). The minimum Gasteiger partial charge on any atom is -0.379 e. The van der Waals surface area contributed by atoms with Crippen molar-refractivity contribution in [2.75, 3.05) is 50.0 Å². The highest BCUT2D eigenvalue weighted by Gasteiger charge is 2.22. The van der Waals surface area contributed by atoms with Gasteiger partial charge in [-0.05, 0) is 30.3 Å². The summed E-state index contributed by atoms with van der Waals surface area (Å²) in [5, 5.41) is 0.623. The zero-order valence-corrected chi connectivity index (χ0v) is 17.6. The molecule has 1 fully saturated rings. The van der Waals surface area contributed by atoms with E-state index in [1.807, 2.05) is 30.3 Å². The van der Waals surface area contributed by atoms with Crippen LogP contribution in [0.2, 0.25) is 0 Å². The summed E-state index contributed by atoms with van der Waals surface area (Å²) < 4.78 is 19.7. The Morgan fingerprint density at radius 2 is 2.00 bits per heavy atom. The van der Waals surface area contributed by atoms with Gasteiger partial charge in [0.05, 0.1) is 29.2 Å². The van der Waals surface area contributed by atoms with Crippen LogP contribution >= 0.6 is 23.1 Å². The molecule has 0 bridgehead atoms. The van der Waals surface area contributed by atoms with Gasteiger partial charge in [0.25, 0.3) is 0 Å². The lowest BCUT2D eigenvalue weighted by molar-refractivity contribution is -0.116. The maximum absolute atomic E-state index is 13.6. The van der Waals surface area contributed by atoms with Crippen molar-refractivity contribution in [1.82, 2.24) is 9.88 Å². The Morgan fingerprint density at radius 3 is 2.79 bits per heavy atom. The van der Waals surface area contributed by atoms with Crippen LogP contribution in [-0.2, 0) is 9.53 Å². The third-order valence-electron chi connectivity index (χ3n) is 4.72. The first-order chi connectivity index (χ1) is 14.2. The van der Waals surface area contributed by atoms with Crippen molar-refractivity contribution < 1.29 is 13.9 Å². The van der Waals surface area contributed by atoms with E-state index < -0.39 is 0 Å². The number of hydrogen-bond donors (Lipinski definition) is 0. The number of rotatable bonds is 7. The van der Waals surface area contributed by atoms with Crippen LogP contribution in [-0.4, -0.2) is 60.9 Å². The molecule has 1 amide bonds. The lowest BCUT2D eigenvalue weighted by Crippen LogP contribution is -2.43. The van der Waals surface area contributed by atoms with Gasteiger partial charge in [0.15, 0.2) is 5.13 Å². The highest BCUT2D eigenvalue weighted by atomic mass is 32.2. The number of aromatic nitrogens is 1. The summed E-state index contributed by atoms with van der Waals surface area (Å²) in [6.45, 7) is 4.49. The van der Waals surface area contributed by atoms with E-state index in [0.29, 0.717) is 22.9 Å². The van der Waals surface area contributed by atoms with Crippen LogP contribution in [0, 0.1) is 5.82 Å². The number of halogens is 1. The Bertz CT molecular complexity index is 961. The maximum Gasteiger partial charge on any atom is 0.239 e. The van der Waals surface area contributed by atoms with Crippen molar-refractivity contribution in [3.05, 3.63) is 54.3 Å². The van der Waals surface area contributed by atoms with Crippen molar-refractivity contribution in [2.45, 2.75) is 4.90 Å². The molecule has 152 valence electrons. The van der Waals surface area contributed by atoms with Gasteiger partial charge in [0.2, 0.25) is 5.91 Å². The molecule has 2 heterocycles. The second-order valence-corrected chi connectivity index (χ2v) is 8.77. The number of hydrogen-bond acceptors (Lipinski definition) is 6. The standard InChI is InChI=1S/C21H22FN3O2S2/c22-16-6-7-18-19(14-16)29-21(23-18)25(9-8-24-10-12-27-13-11-24)20(26)15-28-17-4-2-1-3-5-17/h1-7,14H,8-13,15H2. The highest BCUT2D eigenvalue weighted by molar-refractivity contribution is 8.00. The van der Waals surface area contributed by atoms with E-state index in [0.717, 1.165) is 42.4 Å². The molecule has 1 aliphatic rings. The summed E-state index contributed by atoms with van der Waals surface area (Å²) in [5.74, 6) is 0.0439. The fourth-order valence-corrected chi connectivity index (χ4v) is 4.96. The summed E-state index contributed by atoms with van der Waals surface area (Å²) in [4.78, 5) is 22.8. The van der Waals surface area contributed by atoms with Crippen molar-refractivity contribution >= 4 is 44.4 Å². The molecular weight excluding hydrogens is 409 g/mol. The molecule has 1 saturated heterocycles. The number of fused-ring (bicyclic) bond motifs is 1. The highest BCUT2D eigenvalue weighted by Crippen LogP contribution is 2.30. The molecule has 0 atom stereocenters. The number of anilines is 1. The molecular formula is C21H22FN3O2S2. The molecule has 8 heteroatoms. The quantitative estimate of drug-likeness (QED) is 0.531. The number of carbonyl (C=O) groups is 1. The SMILES string of the molecule is O=C(CSc1ccccc1)N(CCN1CCOCC1)c1nc2ccc(F)cc2s1. The van der Waals surface area contributed by atoms with Gasteiger partial charge in [-0.1, -0.05) is 29.5 Å². The number of thiazole rings is 1. The van der Waals surface area contributed by atoms with E-state index in [2.05, 4.69) is 9.88 Å². The second kappa shape index (κ2) is 9.67. The van der Waals surface area contributed by atoms with Gasteiger partial charge in [-0.3, -0.25) is 14.6 Å². The lowest BCUT2D eigenvalue weighted by atomic mass is 10.3.